The molecule has 0 rings (SSSR count). The molecule has 0 spiro atoms. The van der Waals surface area contributed by atoms with Gasteiger partial charge in [-0.3, -0.25) is 4.55 Å². The van der Waals surface area contributed by atoms with E-state index < -0.39 is 20.0 Å². The Morgan fingerprint density at radius 2 is 1.50 bits per heavy atom. The monoisotopic (exact) mass is 320 g/mol. The highest BCUT2D eigenvalue weighted by Crippen LogP contribution is 1.93. The van der Waals surface area contributed by atoms with Gasteiger partial charge in [-0.1, -0.05) is 9.39 Å². The molecule has 0 aromatic carbocycles. The molecule has 3 N–H and O–H groups in total. The van der Waals surface area contributed by atoms with Crippen LogP contribution in [0.15, 0.2) is 0 Å². The van der Waals surface area contributed by atoms with Crippen molar-refractivity contribution in [3.63, 3.8) is 0 Å². The Balaban J connectivity index is 3.59. The fourth-order valence-corrected chi connectivity index (χ4v) is 3.19. The summed E-state index contributed by atoms with van der Waals surface area (Å²) in [5.41, 5.74) is 0. The number of hydrogen-bond acceptors (Lipinski definition) is 6. The van der Waals surface area contributed by atoms with E-state index >= 15 is 0 Å². The summed E-state index contributed by atoms with van der Waals surface area (Å²) in [7, 11) is -4.66. The first kappa shape index (κ1) is 18.2. The van der Waals surface area contributed by atoms with E-state index in [0.717, 1.165) is 0 Å². The van der Waals surface area contributed by atoms with Gasteiger partial charge in [0.2, 0.25) is 0 Å². The molecule has 1 atom stereocenters. The Bertz CT molecular complexity index is 409. The maximum absolute atomic E-state index is 11.5. The highest BCUT2D eigenvalue weighted by atomic mass is 32.2. The van der Waals surface area contributed by atoms with Gasteiger partial charge in [0.25, 0.3) is 10.1 Å². The van der Waals surface area contributed by atoms with Gasteiger partial charge in [-0.15, -0.1) is 0 Å². The number of rotatable bonds is 11. The average molecular weight is 320 g/mol. The summed E-state index contributed by atoms with van der Waals surface area (Å²) in [6.07, 6.45) is 0.824. The molecule has 0 radical (unpaired) electrons. The topological polar surface area (TPSA) is 113 Å². The van der Waals surface area contributed by atoms with E-state index in [0.29, 0.717) is 26.1 Å². The average Bonchev–Trinajstić information content (AvgIpc) is 2.22. The third-order valence-corrected chi connectivity index (χ3v) is 4.95. The molecule has 0 saturated heterocycles. The zero-order chi connectivity index (χ0) is 14.1. The first-order chi connectivity index (χ1) is 8.27. The maximum Gasteiger partial charge on any atom is 0.264 e. The third-order valence-electron chi connectivity index (χ3n) is 2.12. The molecule has 0 bridgehead atoms. The fourth-order valence-electron chi connectivity index (χ4n) is 1.23. The predicted molar refractivity (Wildman–Crippen MR) is 74.9 cm³/mol. The summed E-state index contributed by atoms with van der Waals surface area (Å²) in [5, 5.41) is 5.62. The summed E-state index contributed by atoms with van der Waals surface area (Å²) in [6, 6.07) is 0. The van der Waals surface area contributed by atoms with Gasteiger partial charge in [0, 0.05) is 6.54 Å². The Morgan fingerprint density at radius 3 is 2.06 bits per heavy atom. The number of nitrogens with one attached hydrogen (secondary N) is 2. The Kier molecular flexibility index (Phi) is 9.27. The number of sulfone groups is 1. The SMILES string of the molecule is O=S(=O)(O)CCCNCCS(=O)(=O)CCCNP. The van der Waals surface area contributed by atoms with Crippen LogP contribution >= 0.6 is 9.39 Å². The van der Waals surface area contributed by atoms with Crippen molar-refractivity contribution in [2.75, 3.05) is 36.9 Å². The molecule has 10 heteroatoms. The molecule has 0 aromatic heterocycles. The molecular weight excluding hydrogens is 299 g/mol. The molecule has 1 unspecified atom stereocenters. The fraction of sp³-hybridized carbons (Fsp3) is 1.00. The molecule has 0 aromatic rings. The van der Waals surface area contributed by atoms with E-state index in [-0.39, 0.29) is 23.7 Å². The van der Waals surface area contributed by atoms with E-state index in [1.54, 1.807) is 0 Å². The van der Waals surface area contributed by atoms with Crippen LogP contribution in [0.25, 0.3) is 0 Å². The van der Waals surface area contributed by atoms with Gasteiger partial charge in [-0.25, -0.2) is 8.42 Å². The Morgan fingerprint density at radius 1 is 0.889 bits per heavy atom. The van der Waals surface area contributed by atoms with Gasteiger partial charge in [-0.2, -0.15) is 8.42 Å². The Labute approximate surface area is 111 Å². The summed E-state index contributed by atoms with van der Waals surface area (Å²) in [4.78, 5) is 0. The van der Waals surface area contributed by atoms with Crippen LogP contribution in [-0.4, -0.2) is 58.3 Å². The number of hydrogen-bond donors (Lipinski definition) is 3. The van der Waals surface area contributed by atoms with Crippen molar-refractivity contribution < 1.29 is 21.4 Å². The summed E-state index contributed by atoms with van der Waals surface area (Å²) in [6.45, 7) is 1.29. The van der Waals surface area contributed by atoms with Gasteiger partial charge in [0.1, 0.15) is 0 Å². The largest absolute Gasteiger partial charge is 0.316 e. The minimum absolute atomic E-state index is 0.0374. The van der Waals surface area contributed by atoms with Crippen molar-refractivity contribution in [1.82, 2.24) is 10.4 Å². The van der Waals surface area contributed by atoms with Crippen LogP contribution in [0.1, 0.15) is 12.8 Å². The lowest BCUT2D eigenvalue weighted by atomic mass is 10.5. The van der Waals surface area contributed by atoms with Crippen LogP contribution in [0.2, 0.25) is 0 Å². The summed E-state index contributed by atoms with van der Waals surface area (Å²) < 4.78 is 52.2. The molecule has 0 aliphatic heterocycles. The quantitative estimate of drug-likeness (QED) is 0.255. The van der Waals surface area contributed by atoms with Crippen molar-refractivity contribution in [3.8, 4) is 0 Å². The highest BCUT2D eigenvalue weighted by molar-refractivity contribution is 7.91. The molecule has 7 nitrogen and oxygen atoms in total. The van der Waals surface area contributed by atoms with Gasteiger partial charge >= 0.3 is 0 Å². The van der Waals surface area contributed by atoms with Crippen LogP contribution in [0.5, 0.6) is 0 Å². The highest BCUT2D eigenvalue weighted by Gasteiger charge is 2.09. The second-order valence-electron chi connectivity index (χ2n) is 3.85. The normalized spacial score (nSPS) is 12.8. The van der Waals surface area contributed by atoms with Crippen molar-refractivity contribution in [2.24, 2.45) is 0 Å². The third kappa shape index (κ3) is 12.7. The molecule has 0 aliphatic carbocycles. The lowest BCUT2D eigenvalue weighted by molar-refractivity contribution is 0.480. The molecule has 110 valence electrons. The van der Waals surface area contributed by atoms with Crippen LogP contribution in [0.3, 0.4) is 0 Å². The molecular formula is C8H21N2O5PS2. The predicted octanol–water partition coefficient (Wildman–Crippen LogP) is -0.961. The smallest absolute Gasteiger partial charge is 0.264 e. The van der Waals surface area contributed by atoms with Crippen molar-refractivity contribution >= 4 is 29.3 Å². The lowest BCUT2D eigenvalue weighted by Crippen LogP contribution is -2.26. The summed E-state index contributed by atoms with van der Waals surface area (Å²) >= 11 is 0. The van der Waals surface area contributed by atoms with Crippen molar-refractivity contribution in [1.29, 1.82) is 0 Å². The van der Waals surface area contributed by atoms with E-state index in [2.05, 4.69) is 19.8 Å². The molecule has 0 saturated carbocycles. The van der Waals surface area contributed by atoms with Gasteiger partial charge in [0.05, 0.1) is 17.3 Å². The standard InChI is InChI=1S/C8H21N2O5PS2/c11-17(12,6-2-4-10-16)8-5-9-3-1-7-18(13,14)15/h9-10H,1-8,16H2,(H,13,14,15). The Hall–Kier alpha value is 0.210. The maximum atomic E-state index is 11.5. The minimum atomic E-state index is -3.92. The first-order valence-corrected chi connectivity index (χ1v) is 9.57. The molecule has 0 heterocycles. The van der Waals surface area contributed by atoms with Crippen LogP contribution < -0.4 is 10.4 Å². The van der Waals surface area contributed by atoms with Crippen molar-refractivity contribution in [2.45, 2.75) is 12.8 Å². The summed E-state index contributed by atoms with van der Waals surface area (Å²) in [5.74, 6) is -0.135. The molecule has 0 fully saturated rings. The second-order valence-corrected chi connectivity index (χ2v) is 8.13. The zero-order valence-corrected chi connectivity index (χ0v) is 12.9. The van der Waals surface area contributed by atoms with Crippen molar-refractivity contribution in [3.05, 3.63) is 0 Å². The first-order valence-electron chi connectivity index (χ1n) is 5.56. The zero-order valence-electron chi connectivity index (χ0n) is 10.1. The van der Waals surface area contributed by atoms with Crippen LogP contribution in [0.4, 0.5) is 0 Å². The second kappa shape index (κ2) is 9.17. The van der Waals surface area contributed by atoms with E-state index in [4.69, 9.17) is 4.55 Å². The van der Waals surface area contributed by atoms with E-state index in [9.17, 15) is 16.8 Å². The minimum Gasteiger partial charge on any atom is -0.316 e. The van der Waals surface area contributed by atoms with E-state index in [1.807, 2.05) is 0 Å². The molecule has 18 heavy (non-hydrogen) atoms. The van der Waals surface area contributed by atoms with Crippen LogP contribution in [0, 0.1) is 0 Å². The van der Waals surface area contributed by atoms with Gasteiger partial charge in [0.15, 0.2) is 9.84 Å². The van der Waals surface area contributed by atoms with E-state index in [1.165, 1.54) is 0 Å². The molecule has 0 amide bonds. The van der Waals surface area contributed by atoms with Gasteiger partial charge < -0.3 is 10.4 Å². The van der Waals surface area contributed by atoms with Crippen LogP contribution in [-0.2, 0) is 20.0 Å². The molecule has 0 aliphatic rings. The lowest BCUT2D eigenvalue weighted by Gasteiger charge is -2.05. The van der Waals surface area contributed by atoms with Gasteiger partial charge in [-0.05, 0) is 25.9 Å².